The topological polar surface area (TPSA) is 70.1 Å². The van der Waals surface area contributed by atoms with Crippen molar-refractivity contribution in [2.75, 3.05) is 23.8 Å². The molecular weight excluding hydrogens is 216 g/mol. The van der Waals surface area contributed by atoms with Crippen LogP contribution in [0.1, 0.15) is 33.1 Å². The Labute approximate surface area is 103 Å². The lowest BCUT2D eigenvalue weighted by Gasteiger charge is -2.14. The van der Waals surface area contributed by atoms with Crippen LogP contribution in [0.2, 0.25) is 0 Å². The Morgan fingerprint density at radius 1 is 1.35 bits per heavy atom. The van der Waals surface area contributed by atoms with Crippen LogP contribution in [0.5, 0.6) is 0 Å². The zero-order valence-corrected chi connectivity index (χ0v) is 10.6. The van der Waals surface area contributed by atoms with Crippen LogP contribution >= 0.6 is 0 Å². The second-order valence-electron chi connectivity index (χ2n) is 4.13. The average molecular weight is 238 g/mol. The molecule has 0 saturated carbocycles. The largest absolute Gasteiger partial charge is 0.396 e. The third-order valence-electron chi connectivity index (χ3n) is 2.41. The number of aliphatic hydroxyl groups is 1. The predicted molar refractivity (Wildman–Crippen MR) is 70.2 cm³/mol. The zero-order chi connectivity index (χ0) is 12.5. The summed E-state index contributed by atoms with van der Waals surface area (Å²) in [4.78, 5) is 8.31. The molecule has 0 spiro atoms. The van der Waals surface area contributed by atoms with Crippen molar-refractivity contribution in [3.8, 4) is 0 Å². The first-order valence-corrected chi connectivity index (χ1v) is 6.19. The average Bonchev–Trinajstić information content (AvgIpc) is 2.34. The van der Waals surface area contributed by atoms with Crippen LogP contribution in [0.3, 0.4) is 0 Å². The van der Waals surface area contributed by atoms with Gasteiger partial charge in [-0.25, -0.2) is 9.97 Å². The summed E-state index contributed by atoms with van der Waals surface area (Å²) >= 11 is 0. The molecule has 1 aromatic rings. The van der Waals surface area contributed by atoms with Crippen molar-refractivity contribution >= 4 is 11.6 Å². The van der Waals surface area contributed by atoms with E-state index in [1.807, 2.05) is 6.07 Å². The van der Waals surface area contributed by atoms with E-state index in [0.29, 0.717) is 6.04 Å². The number of rotatable bonds is 8. The molecule has 3 N–H and O–H groups in total. The Morgan fingerprint density at radius 3 is 2.82 bits per heavy atom. The molecule has 0 saturated heterocycles. The SMILES string of the molecule is CCCNc1cc(NC(C)CCCO)ncn1. The Balaban J connectivity index is 2.47. The number of nitrogens with zero attached hydrogens (tertiary/aromatic N) is 2. The Bertz CT molecular complexity index is 319. The van der Waals surface area contributed by atoms with Gasteiger partial charge in [-0.2, -0.15) is 0 Å². The molecule has 17 heavy (non-hydrogen) atoms. The van der Waals surface area contributed by atoms with Crippen LogP contribution in [-0.4, -0.2) is 34.3 Å². The van der Waals surface area contributed by atoms with Crippen molar-refractivity contribution in [1.82, 2.24) is 9.97 Å². The van der Waals surface area contributed by atoms with Crippen LogP contribution in [0, 0.1) is 0 Å². The van der Waals surface area contributed by atoms with E-state index in [4.69, 9.17) is 5.11 Å². The third kappa shape index (κ3) is 5.49. The third-order valence-corrected chi connectivity index (χ3v) is 2.41. The molecular formula is C12H22N4O. The second kappa shape index (κ2) is 7.84. The number of aliphatic hydroxyl groups excluding tert-OH is 1. The van der Waals surface area contributed by atoms with Gasteiger partial charge in [0, 0.05) is 25.3 Å². The van der Waals surface area contributed by atoms with E-state index in [-0.39, 0.29) is 6.61 Å². The molecule has 0 amide bonds. The Morgan fingerprint density at radius 2 is 2.12 bits per heavy atom. The van der Waals surface area contributed by atoms with Gasteiger partial charge in [0.1, 0.15) is 18.0 Å². The van der Waals surface area contributed by atoms with Gasteiger partial charge in [0.15, 0.2) is 0 Å². The standard InChI is InChI=1S/C12H22N4O/c1-3-6-13-11-8-12(15-9-14-11)16-10(2)5-4-7-17/h8-10,17H,3-7H2,1-2H3,(H2,13,14,15,16). The molecule has 0 radical (unpaired) electrons. The van der Waals surface area contributed by atoms with E-state index >= 15 is 0 Å². The van der Waals surface area contributed by atoms with Crippen molar-refractivity contribution in [3.63, 3.8) is 0 Å². The van der Waals surface area contributed by atoms with E-state index in [9.17, 15) is 0 Å². The van der Waals surface area contributed by atoms with Crippen molar-refractivity contribution in [2.24, 2.45) is 0 Å². The van der Waals surface area contributed by atoms with E-state index in [2.05, 4.69) is 34.4 Å². The maximum atomic E-state index is 8.76. The Hall–Kier alpha value is -1.36. The first-order chi connectivity index (χ1) is 8.26. The zero-order valence-electron chi connectivity index (χ0n) is 10.6. The molecule has 0 aliphatic heterocycles. The van der Waals surface area contributed by atoms with Gasteiger partial charge < -0.3 is 15.7 Å². The van der Waals surface area contributed by atoms with E-state index < -0.39 is 0 Å². The first-order valence-electron chi connectivity index (χ1n) is 6.19. The minimum Gasteiger partial charge on any atom is -0.396 e. The van der Waals surface area contributed by atoms with Crippen molar-refractivity contribution < 1.29 is 5.11 Å². The summed E-state index contributed by atoms with van der Waals surface area (Å²) in [5, 5.41) is 15.3. The molecule has 0 fully saturated rings. The number of nitrogens with one attached hydrogen (secondary N) is 2. The fourth-order valence-electron chi connectivity index (χ4n) is 1.51. The van der Waals surface area contributed by atoms with Crippen LogP contribution in [0.4, 0.5) is 11.6 Å². The van der Waals surface area contributed by atoms with Gasteiger partial charge in [-0.3, -0.25) is 0 Å². The molecule has 1 heterocycles. The van der Waals surface area contributed by atoms with E-state index in [0.717, 1.165) is 37.4 Å². The smallest absolute Gasteiger partial charge is 0.131 e. The van der Waals surface area contributed by atoms with Crippen LogP contribution < -0.4 is 10.6 Å². The predicted octanol–water partition coefficient (Wildman–Crippen LogP) is 1.87. The number of hydrogen-bond donors (Lipinski definition) is 3. The molecule has 0 bridgehead atoms. The van der Waals surface area contributed by atoms with Gasteiger partial charge in [-0.15, -0.1) is 0 Å². The number of anilines is 2. The maximum Gasteiger partial charge on any atom is 0.131 e. The molecule has 96 valence electrons. The highest BCUT2D eigenvalue weighted by molar-refractivity contribution is 5.46. The van der Waals surface area contributed by atoms with Crippen molar-refractivity contribution in [1.29, 1.82) is 0 Å². The summed E-state index contributed by atoms with van der Waals surface area (Å²) in [7, 11) is 0. The molecule has 1 atom stereocenters. The van der Waals surface area contributed by atoms with E-state index in [1.165, 1.54) is 0 Å². The van der Waals surface area contributed by atoms with Gasteiger partial charge in [0.05, 0.1) is 0 Å². The lowest BCUT2D eigenvalue weighted by molar-refractivity contribution is 0.282. The summed E-state index contributed by atoms with van der Waals surface area (Å²) in [5.74, 6) is 1.67. The van der Waals surface area contributed by atoms with Crippen LogP contribution in [-0.2, 0) is 0 Å². The minimum absolute atomic E-state index is 0.235. The summed E-state index contributed by atoms with van der Waals surface area (Å²) < 4.78 is 0. The maximum absolute atomic E-state index is 8.76. The highest BCUT2D eigenvalue weighted by atomic mass is 16.2. The van der Waals surface area contributed by atoms with Gasteiger partial charge in [-0.05, 0) is 26.2 Å². The lowest BCUT2D eigenvalue weighted by atomic mass is 10.2. The summed E-state index contributed by atoms with van der Waals surface area (Å²) in [6, 6.07) is 2.21. The van der Waals surface area contributed by atoms with Gasteiger partial charge in [0.2, 0.25) is 0 Å². The van der Waals surface area contributed by atoms with Gasteiger partial charge in [0.25, 0.3) is 0 Å². The quantitative estimate of drug-likeness (QED) is 0.645. The molecule has 0 aliphatic carbocycles. The fraction of sp³-hybridized carbons (Fsp3) is 0.667. The number of aromatic nitrogens is 2. The molecule has 5 heteroatoms. The van der Waals surface area contributed by atoms with Crippen LogP contribution in [0.25, 0.3) is 0 Å². The Kier molecular flexibility index (Phi) is 6.32. The molecule has 0 aromatic carbocycles. The molecule has 1 aromatic heterocycles. The monoisotopic (exact) mass is 238 g/mol. The van der Waals surface area contributed by atoms with Gasteiger partial charge in [-0.1, -0.05) is 6.92 Å². The van der Waals surface area contributed by atoms with Crippen molar-refractivity contribution in [2.45, 2.75) is 39.2 Å². The molecule has 1 unspecified atom stereocenters. The fourth-order valence-corrected chi connectivity index (χ4v) is 1.51. The van der Waals surface area contributed by atoms with Crippen molar-refractivity contribution in [3.05, 3.63) is 12.4 Å². The molecule has 0 aliphatic rings. The lowest BCUT2D eigenvalue weighted by Crippen LogP contribution is -2.16. The minimum atomic E-state index is 0.235. The molecule has 1 rings (SSSR count). The first kappa shape index (κ1) is 13.7. The van der Waals surface area contributed by atoms with Crippen LogP contribution in [0.15, 0.2) is 12.4 Å². The second-order valence-corrected chi connectivity index (χ2v) is 4.13. The summed E-state index contributed by atoms with van der Waals surface area (Å²) in [6.07, 6.45) is 4.36. The van der Waals surface area contributed by atoms with E-state index in [1.54, 1.807) is 6.33 Å². The van der Waals surface area contributed by atoms with Gasteiger partial charge >= 0.3 is 0 Å². The highest BCUT2D eigenvalue weighted by Gasteiger charge is 2.03. The summed E-state index contributed by atoms with van der Waals surface area (Å²) in [6.45, 7) is 5.34. The molecule has 5 nitrogen and oxygen atoms in total. The highest BCUT2D eigenvalue weighted by Crippen LogP contribution is 2.11. The summed E-state index contributed by atoms with van der Waals surface area (Å²) in [5.41, 5.74) is 0. The number of hydrogen-bond acceptors (Lipinski definition) is 5. The normalized spacial score (nSPS) is 12.2.